The fraction of sp³-hybridized carbons (Fsp3) is 0.471. The molecule has 5 heterocycles. The van der Waals surface area contributed by atoms with E-state index in [2.05, 4.69) is 20.2 Å². The van der Waals surface area contributed by atoms with Crippen molar-refractivity contribution in [2.75, 3.05) is 37.7 Å². The molecule has 0 aliphatic carbocycles. The minimum Gasteiger partial charge on any atom is -0.508 e. The molecule has 2 aromatic heterocycles. The molecule has 0 saturated carbocycles. The summed E-state index contributed by atoms with van der Waals surface area (Å²) in [7, 11) is 0. The number of pyridine rings is 1. The van der Waals surface area contributed by atoms with E-state index in [9.17, 15) is 18.7 Å². The van der Waals surface area contributed by atoms with Crippen LogP contribution in [0.5, 0.6) is 11.8 Å². The number of anilines is 1. The number of ether oxygens (including phenoxy) is 1. The van der Waals surface area contributed by atoms with Crippen molar-refractivity contribution in [3.8, 4) is 23.0 Å². The number of aryl methyl sites for hydroxylation is 1. The van der Waals surface area contributed by atoms with Gasteiger partial charge in [-0.05, 0) is 73.2 Å². The minimum absolute atomic E-state index is 0.0341. The van der Waals surface area contributed by atoms with E-state index >= 15 is 4.39 Å². The lowest BCUT2D eigenvalue weighted by atomic mass is 9.94. The van der Waals surface area contributed by atoms with Crippen LogP contribution in [0.15, 0.2) is 30.5 Å². The Morgan fingerprint density at radius 2 is 2.02 bits per heavy atom. The summed E-state index contributed by atoms with van der Waals surface area (Å²) in [5.41, 5.74) is 0.0609. The van der Waals surface area contributed by atoms with Gasteiger partial charge in [-0.15, -0.1) is 0 Å². The third kappa shape index (κ3) is 5.36. The van der Waals surface area contributed by atoms with Gasteiger partial charge in [0, 0.05) is 50.8 Å². The van der Waals surface area contributed by atoms with Crippen molar-refractivity contribution in [3.63, 3.8) is 0 Å². The number of halogens is 3. The largest absolute Gasteiger partial charge is 0.508 e. The molecule has 3 atom stereocenters. The van der Waals surface area contributed by atoms with Crippen LogP contribution < -0.4 is 15.0 Å². The zero-order valence-electron chi connectivity index (χ0n) is 26.0. The molecule has 7 rings (SSSR count). The van der Waals surface area contributed by atoms with Gasteiger partial charge < -0.3 is 20.1 Å². The van der Waals surface area contributed by atoms with Crippen molar-refractivity contribution in [1.82, 2.24) is 25.2 Å². The van der Waals surface area contributed by atoms with Crippen LogP contribution in [0.3, 0.4) is 0 Å². The summed E-state index contributed by atoms with van der Waals surface area (Å²) < 4.78 is 52.4. The zero-order chi connectivity index (χ0) is 32.2. The van der Waals surface area contributed by atoms with E-state index in [4.69, 9.17) is 9.72 Å². The number of aromatic nitrogens is 3. The van der Waals surface area contributed by atoms with Crippen LogP contribution in [0.4, 0.5) is 19.0 Å². The number of phenolic OH excluding ortho intramolecular Hbond substituents is 1. The molecule has 12 heteroatoms. The second-order valence-electron chi connectivity index (χ2n) is 12.8. The maximum Gasteiger partial charge on any atom is 0.319 e. The van der Waals surface area contributed by atoms with Gasteiger partial charge in [0.15, 0.2) is 5.82 Å². The average molecular weight is 635 g/mol. The van der Waals surface area contributed by atoms with Crippen LogP contribution in [-0.2, 0) is 11.2 Å². The Morgan fingerprint density at radius 1 is 1.17 bits per heavy atom. The molecule has 4 aromatic rings. The van der Waals surface area contributed by atoms with Gasteiger partial charge in [-0.3, -0.25) is 14.7 Å². The van der Waals surface area contributed by atoms with E-state index in [0.717, 1.165) is 32.2 Å². The van der Waals surface area contributed by atoms with E-state index in [1.54, 1.807) is 6.07 Å². The van der Waals surface area contributed by atoms with E-state index in [0.29, 0.717) is 60.0 Å². The summed E-state index contributed by atoms with van der Waals surface area (Å²) in [5.74, 6) is -1.00. The number of aromatic hydroxyl groups is 1. The Labute approximate surface area is 264 Å². The number of hydrogen-bond donors (Lipinski definition) is 2. The van der Waals surface area contributed by atoms with Crippen molar-refractivity contribution >= 4 is 33.4 Å². The Kier molecular flexibility index (Phi) is 7.86. The van der Waals surface area contributed by atoms with Gasteiger partial charge in [0.25, 0.3) is 0 Å². The molecule has 3 fully saturated rings. The summed E-state index contributed by atoms with van der Waals surface area (Å²) in [5, 5.41) is 14.9. The van der Waals surface area contributed by atoms with Gasteiger partial charge >= 0.3 is 6.01 Å². The molecule has 3 saturated heterocycles. The number of alkyl halides is 1. The van der Waals surface area contributed by atoms with E-state index < -0.39 is 23.3 Å². The van der Waals surface area contributed by atoms with Crippen LogP contribution in [0, 0.1) is 11.6 Å². The lowest BCUT2D eigenvalue weighted by molar-refractivity contribution is -0.119. The first-order valence-electron chi connectivity index (χ1n) is 16.0. The SMILES string of the molecule is CCc1c(F)ccc2cc(O)cc(-c3ncc4c(N5CCC[C@@H](NC(C)=O)C5)nc(OC[C@@]56CCCN5C[C@H](F)C6)nc4c3F)c12. The van der Waals surface area contributed by atoms with Gasteiger partial charge in [0.1, 0.15) is 41.4 Å². The third-order valence-corrected chi connectivity index (χ3v) is 9.76. The molecule has 2 aromatic carbocycles. The summed E-state index contributed by atoms with van der Waals surface area (Å²) >= 11 is 0. The number of benzene rings is 2. The quantitative estimate of drug-likeness (QED) is 0.277. The van der Waals surface area contributed by atoms with Gasteiger partial charge in [0.05, 0.1) is 10.9 Å². The molecular formula is C34H37F3N6O3. The van der Waals surface area contributed by atoms with Crippen molar-refractivity contribution in [2.24, 2.45) is 0 Å². The molecule has 2 N–H and O–H groups in total. The van der Waals surface area contributed by atoms with Crippen LogP contribution in [-0.4, -0.2) is 81.4 Å². The van der Waals surface area contributed by atoms with Crippen LogP contribution >= 0.6 is 0 Å². The molecule has 9 nitrogen and oxygen atoms in total. The normalized spacial score (nSPS) is 23.3. The summed E-state index contributed by atoms with van der Waals surface area (Å²) in [6.07, 6.45) is 4.58. The fourth-order valence-corrected chi connectivity index (χ4v) is 7.77. The molecule has 3 aliphatic heterocycles. The lowest BCUT2D eigenvalue weighted by Gasteiger charge is -2.34. The molecule has 0 radical (unpaired) electrons. The second-order valence-corrected chi connectivity index (χ2v) is 12.8. The molecule has 242 valence electrons. The molecule has 1 amide bonds. The average Bonchev–Trinajstić information content (AvgIpc) is 3.55. The third-order valence-electron chi connectivity index (χ3n) is 9.76. The maximum atomic E-state index is 16.8. The number of piperidine rings is 1. The highest BCUT2D eigenvalue weighted by molar-refractivity contribution is 6.01. The molecule has 0 unspecified atom stereocenters. The maximum absolute atomic E-state index is 16.8. The summed E-state index contributed by atoms with van der Waals surface area (Å²) in [4.78, 5) is 29.7. The minimum atomic E-state index is -0.933. The molecule has 46 heavy (non-hydrogen) atoms. The highest BCUT2D eigenvalue weighted by Gasteiger charge is 2.49. The van der Waals surface area contributed by atoms with Crippen molar-refractivity contribution in [1.29, 1.82) is 0 Å². The standard InChI is InChI=1S/C34H37F3N6O3/c1-3-24-27(36)8-7-20-12-23(45)13-25(28(20)24)30-29(37)31-26(15-38-30)32(42-10-4-6-22(17-42)39-19(2)44)41-33(40-31)46-18-34-9-5-11-43(34)16-21(35)14-34/h7-8,12-13,15,21-22,45H,3-6,9-11,14,16-18H2,1-2H3,(H,39,44)/t21-,22-,34+/m1/s1. The lowest BCUT2D eigenvalue weighted by Crippen LogP contribution is -2.47. The first kappa shape index (κ1) is 30.5. The Hall–Kier alpha value is -4.19. The number of phenols is 1. The van der Waals surface area contributed by atoms with Gasteiger partial charge in [0.2, 0.25) is 5.91 Å². The topological polar surface area (TPSA) is 104 Å². The number of nitrogens with zero attached hydrogens (tertiary/aromatic N) is 5. The smallest absolute Gasteiger partial charge is 0.319 e. The predicted molar refractivity (Wildman–Crippen MR) is 169 cm³/mol. The van der Waals surface area contributed by atoms with E-state index in [1.165, 1.54) is 31.3 Å². The molecule has 3 aliphatic rings. The molecule has 0 bridgehead atoms. The first-order chi connectivity index (χ1) is 22.2. The highest BCUT2D eigenvalue weighted by Crippen LogP contribution is 2.42. The van der Waals surface area contributed by atoms with Crippen LogP contribution in [0.25, 0.3) is 32.9 Å². The predicted octanol–water partition coefficient (Wildman–Crippen LogP) is 5.45. The number of carbonyl (C=O) groups excluding carboxylic acids is 1. The van der Waals surface area contributed by atoms with Crippen LogP contribution in [0.2, 0.25) is 0 Å². The number of hydrogen-bond acceptors (Lipinski definition) is 8. The fourth-order valence-electron chi connectivity index (χ4n) is 7.77. The van der Waals surface area contributed by atoms with Crippen molar-refractivity contribution < 1.29 is 27.8 Å². The number of nitrogens with one attached hydrogen (secondary N) is 1. The highest BCUT2D eigenvalue weighted by atomic mass is 19.1. The van der Waals surface area contributed by atoms with E-state index in [-0.39, 0.29) is 47.1 Å². The van der Waals surface area contributed by atoms with Gasteiger partial charge in [-0.1, -0.05) is 13.0 Å². The molecule has 0 spiro atoms. The van der Waals surface area contributed by atoms with Gasteiger partial charge in [-0.25, -0.2) is 13.2 Å². The van der Waals surface area contributed by atoms with Crippen molar-refractivity contribution in [3.05, 3.63) is 47.7 Å². The monoisotopic (exact) mass is 634 g/mol. The van der Waals surface area contributed by atoms with Gasteiger partial charge in [-0.2, -0.15) is 9.97 Å². The van der Waals surface area contributed by atoms with Crippen molar-refractivity contribution in [2.45, 2.75) is 70.1 Å². The number of fused-ring (bicyclic) bond motifs is 3. The van der Waals surface area contributed by atoms with Crippen LogP contribution in [0.1, 0.15) is 51.5 Å². The summed E-state index contributed by atoms with van der Waals surface area (Å²) in [6, 6.07) is 5.64. The first-order valence-corrected chi connectivity index (χ1v) is 16.0. The zero-order valence-corrected chi connectivity index (χ0v) is 26.0. The Bertz CT molecular complexity index is 1840. The van der Waals surface area contributed by atoms with E-state index in [1.807, 2.05) is 11.8 Å². The second kappa shape index (κ2) is 11.9. The Balaban J connectivity index is 1.36. The number of rotatable bonds is 7. The summed E-state index contributed by atoms with van der Waals surface area (Å²) in [6.45, 7) is 5.69. The Morgan fingerprint density at radius 3 is 2.83 bits per heavy atom. The molecular weight excluding hydrogens is 597 g/mol. The number of amides is 1. The number of carbonyl (C=O) groups is 1.